The van der Waals surface area contributed by atoms with Crippen LogP contribution in [0.5, 0.6) is 0 Å². The van der Waals surface area contributed by atoms with Gasteiger partial charge in [-0.25, -0.2) is 4.79 Å². The predicted octanol–water partition coefficient (Wildman–Crippen LogP) is 3.04. The number of nitrogens with zero attached hydrogens (tertiary/aromatic N) is 3. The van der Waals surface area contributed by atoms with Gasteiger partial charge in [-0.1, -0.05) is 49.6 Å². The Bertz CT molecular complexity index is 967. The van der Waals surface area contributed by atoms with E-state index in [9.17, 15) is 14.7 Å². The van der Waals surface area contributed by atoms with Crippen LogP contribution in [0, 0.1) is 5.92 Å². The second kappa shape index (κ2) is 10.6. The molecule has 1 aromatic heterocycles. The van der Waals surface area contributed by atoms with Gasteiger partial charge in [0.15, 0.2) is 18.0 Å². The lowest BCUT2D eigenvalue weighted by atomic mass is 9.73. The number of likely N-dealkylation sites (N-methyl/N-ethyl adjacent to an activating group) is 1. The van der Waals surface area contributed by atoms with Crippen LogP contribution < -0.4 is 5.32 Å². The zero-order valence-electron chi connectivity index (χ0n) is 19.9. The molecule has 2 aliphatic rings. The molecule has 1 saturated carbocycles. The number of esters is 1. The molecule has 1 saturated heterocycles. The Balaban J connectivity index is 1.43. The number of hydrogen-bond donors (Lipinski definition) is 2. The molecule has 8 heteroatoms. The Morgan fingerprint density at radius 3 is 2.56 bits per heavy atom. The number of carbonyl (C=O) groups is 2. The van der Waals surface area contributed by atoms with Crippen molar-refractivity contribution in [3.05, 3.63) is 54.2 Å². The Kier molecular flexibility index (Phi) is 7.58. The molecule has 3 atom stereocenters. The van der Waals surface area contributed by atoms with E-state index in [0.29, 0.717) is 15.9 Å². The molecule has 0 bridgehead atoms. The zero-order valence-corrected chi connectivity index (χ0v) is 19.9. The summed E-state index contributed by atoms with van der Waals surface area (Å²) in [6, 6.07) is 12.6. The average molecular weight is 468 g/mol. The standard InChI is InChI=1S/C26H34N4O4/c1-30(18-24(31)28-23-15-8-16-27-29-23)17-9-14-22(30)19-34-25(32)26(33,20-10-4-2-5-11-20)21-12-6-3-7-13-21/h2,4-5,8,10-11,15-16,21-22,33H,3,6-7,9,12-14,17-19H2,1H3/p+1/t22?,26?,30-/m1/s1. The lowest BCUT2D eigenvalue weighted by molar-refractivity contribution is -0.913. The van der Waals surface area contributed by atoms with Crippen LogP contribution in [-0.4, -0.2) is 64.4 Å². The molecule has 1 aliphatic carbocycles. The van der Waals surface area contributed by atoms with Crippen LogP contribution in [0.15, 0.2) is 48.7 Å². The van der Waals surface area contributed by atoms with E-state index < -0.39 is 11.6 Å². The van der Waals surface area contributed by atoms with Crippen LogP contribution in [0.1, 0.15) is 50.5 Å². The molecule has 1 amide bonds. The van der Waals surface area contributed by atoms with Gasteiger partial charge < -0.3 is 19.6 Å². The fourth-order valence-electron chi connectivity index (χ4n) is 5.55. The molecular formula is C26H35N4O4+. The number of benzene rings is 1. The molecule has 1 aliphatic heterocycles. The zero-order chi connectivity index (χ0) is 24.0. The van der Waals surface area contributed by atoms with Crippen LogP contribution >= 0.6 is 0 Å². The number of aromatic nitrogens is 2. The van der Waals surface area contributed by atoms with Crippen LogP contribution in [0.2, 0.25) is 0 Å². The minimum atomic E-state index is -1.65. The number of likely N-dealkylation sites (tertiary alicyclic amines) is 1. The first-order valence-corrected chi connectivity index (χ1v) is 12.3. The smallest absolute Gasteiger partial charge is 0.343 e. The molecule has 34 heavy (non-hydrogen) atoms. The van der Waals surface area contributed by atoms with Crippen molar-refractivity contribution >= 4 is 17.7 Å². The Labute approximate surface area is 200 Å². The number of rotatable bonds is 8. The number of carbonyl (C=O) groups excluding carboxylic acids is 2. The van der Waals surface area contributed by atoms with E-state index >= 15 is 0 Å². The summed E-state index contributed by atoms with van der Waals surface area (Å²) in [6.07, 6.45) is 8.11. The van der Waals surface area contributed by atoms with Gasteiger partial charge in [-0.2, -0.15) is 5.10 Å². The summed E-state index contributed by atoms with van der Waals surface area (Å²) in [5.74, 6) is -0.461. The summed E-state index contributed by atoms with van der Waals surface area (Å²) >= 11 is 0. The first-order chi connectivity index (χ1) is 16.4. The van der Waals surface area contributed by atoms with Crippen molar-refractivity contribution in [2.45, 2.75) is 56.6 Å². The van der Waals surface area contributed by atoms with Crippen molar-refractivity contribution in [1.29, 1.82) is 0 Å². The highest BCUT2D eigenvalue weighted by Gasteiger charge is 2.48. The summed E-state index contributed by atoms with van der Waals surface area (Å²) in [7, 11) is 2.02. The van der Waals surface area contributed by atoms with Gasteiger partial charge in [0, 0.05) is 25.0 Å². The molecule has 4 rings (SSSR count). The molecule has 1 aromatic carbocycles. The van der Waals surface area contributed by atoms with E-state index in [0.717, 1.165) is 51.5 Å². The minimum Gasteiger partial charge on any atom is -0.457 e. The summed E-state index contributed by atoms with van der Waals surface area (Å²) in [6.45, 7) is 1.25. The highest BCUT2D eigenvalue weighted by molar-refractivity contribution is 5.90. The molecule has 2 aromatic rings. The maximum Gasteiger partial charge on any atom is 0.343 e. The second-order valence-corrected chi connectivity index (χ2v) is 9.88. The minimum absolute atomic E-state index is 0.0112. The normalized spacial score (nSPS) is 24.8. The molecule has 2 N–H and O–H groups in total. The number of hydrogen-bond acceptors (Lipinski definition) is 6. The van der Waals surface area contributed by atoms with Crippen molar-refractivity contribution in [2.75, 3.05) is 32.1 Å². The van der Waals surface area contributed by atoms with Gasteiger partial charge in [-0.05, 0) is 30.5 Å². The molecule has 2 unspecified atom stereocenters. The topological polar surface area (TPSA) is 101 Å². The number of nitrogens with one attached hydrogen (secondary N) is 1. The van der Waals surface area contributed by atoms with Gasteiger partial charge in [0.25, 0.3) is 5.91 Å². The maximum atomic E-state index is 13.4. The number of quaternary nitrogens is 1. The van der Waals surface area contributed by atoms with E-state index in [4.69, 9.17) is 4.74 Å². The van der Waals surface area contributed by atoms with Crippen molar-refractivity contribution in [3.8, 4) is 0 Å². The van der Waals surface area contributed by atoms with E-state index in [2.05, 4.69) is 15.5 Å². The Morgan fingerprint density at radius 2 is 1.85 bits per heavy atom. The number of ether oxygens (including phenoxy) is 1. The number of amides is 1. The molecule has 2 fully saturated rings. The van der Waals surface area contributed by atoms with Crippen molar-refractivity contribution < 1.29 is 23.9 Å². The van der Waals surface area contributed by atoms with Crippen LogP contribution in [0.25, 0.3) is 0 Å². The van der Waals surface area contributed by atoms with E-state index in [1.807, 2.05) is 37.4 Å². The summed E-state index contributed by atoms with van der Waals surface area (Å²) in [5.41, 5.74) is -1.05. The van der Waals surface area contributed by atoms with E-state index in [-0.39, 0.29) is 31.0 Å². The Morgan fingerprint density at radius 1 is 1.09 bits per heavy atom. The third-order valence-electron chi connectivity index (χ3n) is 7.56. The van der Waals surface area contributed by atoms with Gasteiger partial charge >= 0.3 is 5.97 Å². The van der Waals surface area contributed by atoms with Crippen LogP contribution in [0.3, 0.4) is 0 Å². The maximum absolute atomic E-state index is 13.4. The highest BCUT2D eigenvalue weighted by Crippen LogP contribution is 2.40. The summed E-state index contributed by atoms with van der Waals surface area (Å²) in [4.78, 5) is 26.1. The van der Waals surface area contributed by atoms with Crippen molar-refractivity contribution in [2.24, 2.45) is 5.92 Å². The predicted molar refractivity (Wildman–Crippen MR) is 127 cm³/mol. The average Bonchev–Trinajstić information content (AvgIpc) is 3.23. The van der Waals surface area contributed by atoms with E-state index in [1.165, 1.54) is 0 Å². The highest BCUT2D eigenvalue weighted by atomic mass is 16.6. The lowest BCUT2D eigenvalue weighted by Crippen LogP contribution is -2.54. The second-order valence-electron chi connectivity index (χ2n) is 9.88. The number of aliphatic hydroxyl groups is 1. The molecular weight excluding hydrogens is 432 g/mol. The van der Waals surface area contributed by atoms with Crippen molar-refractivity contribution in [3.63, 3.8) is 0 Å². The van der Waals surface area contributed by atoms with Gasteiger partial charge in [0.1, 0.15) is 12.6 Å². The quantitative estimate of drug-likeness (QED) is 0.457. The van der Waals surface area contributed by atoms with Crippen molar-refractivity contribution in [1.82, 2.24) is 10.2 Å². The largest absolute Gasteiger partial charge is 0.457 e. The molecule has 0 spiro atoms. The summed E-state index contributed by atoms with van der Waals surface area (Å²) < 4.78 is 6.31. The third kappa shape index (κ3) is 5.28. The fourth-order valence-corrected chi connectivity index (χ4v) is 5.55. The first kappa shape index (κ1) is 24.3. The summed E-state index contributed by atoms with van der Waals surface area (Å²) in [5, 5.41) is 22.2. The van der Waals surface area contributed by atoms with Crippen LogP contribution in [0.4, 0.5) is 5.82 Å². The Hall–Kier alpha value is -2.84. The fraction of sp³-hybridized carbons (Fsp3) is 0.538. The molecule has 182 valence electrons. The lowest BCUT2D eigenvalue weighted by Gasteiger charge is -2.38. The molecule has 2 heterocycles. The molecule has 0 radical (unpaired) electrons. The van der Waals surface area contributed by atoms with Gasteiger partial charge in [-0.15, -0.1) is 5.10 Å². The third-order valence-corrected chi connectivity index (χ3v) is 7.56. The van der Waals surface area contributed by atoms with E-state index in [1.54, 1.807) is 18.3 Å². The van der Waals surface area contributed by atoms with Gasteiger partial charge in [-0.3, -0.25) is 4.79 Å². The van der Waals surface area contributed by atoms with Gasteiger partial charge in [0.05, 0.1) is 13.6 Å². The molecule has 8 nitrogen and oxygen atoms in total. The SMILES string of the molecule is C[N@+]1(CC(=O)Nc2cccnn2)CCCC1COC(=O)C(O)(c1ccccc1)C1CCCCC1. The first-order valence-electron chi connectivity index (χ1n) is 12.3. The number of anilines is 1. The monoisotopic (exact) mass is 467 g/mol. The van der Waals surface area contributed by atoms with Crippen LogP contribution in [-0.2, 0) is 19.9 Å². The van der Waals surface area contributed by atoms with Gasteiger partial charge in [0.2, 0.25) is 0 Å².